The van der Waals surface area contributed by atoms with Gasteiger partial charge >= 0.3 is 5.97 Å². The Bertz CT molecular complexity index is 1210. The number of amidine groups is 1. The van der Waals surface area contributed by atoms with Gasteiger partial charge in [0.2, 0.25) is 0 Å². The summed E-state index contributed by atoms with van der Waals surface area (Å²) in [5, 5.41) is 10.2. The lowest BCUT2D eigenvalue weighted by atomic mass is 10.1. The van der Waals surface area contributed by atoms with Crippen LogP contribution in [-0.2, 0) is 4.79 Å². The minimum Gasteiger partial charge on any atom is -0.478 e. The van der Waals surface area contributed by atoms with Crippen LogP contribution in [0.5, 0.6) is 0 Å². The van der Waals surface area contributed by atoms with E-state index in [2.05, 4.69) is 24.3 Å². The van der Waals surface area contributed by atoms with Crippen molar-refractivity contribution in [1.82, 2.24) is 4.90 Å². The van der Waals surface area contributed by atoms with Crippen molar-refractivity contribution in [2.75, 3.05) is 6.54 Å². The molecule has 0 saturated heterocycles. The first-order valence-corrected chi connectivity index (χ1v) is 12.0. The average Bonchev–Trinajstić information content (AvgIpc) is 3.14. The number of hydrogen-bond donors (Lipinski definition) is 1. The molecule has 3 aliphatic rings. The maximum atomic E-state index is 11.7. The molecule has 0 fully saturated rings. The molecular weight excluding hydrogens is 458 g/mol. The van der Waals surface area contributed by atoms with Crippen molar-refractivity contribution in [3.8, 4) is 12.3 Å². The number of carbonyl (C=O) groups is 1. The van der Waals surface area contributed by atoms with Gasteiger partial charge in [-0.1, -0.05) is 54.1 Å². The van der Waals surface area contributed by atoms with Crippen LogP contribution in [0, 0.1) is 12.3 Å². The summed E-state index contributed by atoms with van der Waals surface area (Å²) in [7, 11) is 0. The van der Waals surface area contributed by atoms with Gasteiger partial charge in [0.05, 0.1) is 11.3 Å². The number of nitrogens with zero attached hydrogens (tertiary/aromatic N) is 3. The maximum Gasteiger partial charge on any atom is 0.335 e. The highest BCUT2D eigenvalue weighted by Gasteiger charge is 2.28. The van der Waals surface area contributed by atoms with Crippen LogP contribution in [0.2, 0.25) is 0 Å². The van der Waals surface area contributed by atoms with Gasteiger partial charge in [0.25, 0.3) is 0 Å². The molecule has 1 N–H and O–H groups in total. The third-order valence-corrected chi connectivity index (χ3v) is 6.15. The van der Waals surface area contributed by atoms with E-state index >= 15 is 0 Å². The average molecular weight is 488 g/mol. The summed E-state index contributed by atoms with van der Waals surface area (Å²) in [5.41, 5.74) is 4.67. The van der Waals surface area contributed by atoms with Gasteiger partial charge in [-0.25, -0.2) is 9.79 Å². The third-order valence-electron chi connectivity index (χ3n) is 5.90. The van der Waals surface area contributed by atoms with Gasteiger partial charge in [-0.2, -0.15) is 0 Å². The number of allylic oxidation sites excluding steroid dienone is 10. The minimum atomic E-state index is -0.999. The molecule has 0 aromatic rings. The Labute approximate surface area is 212 Å². The first-order valence-electron chi connectivity index (χ1n) is 11.6. The second kappa shape index (κ2) is 12.2. The second-order valence-corrected chi connectivity index (χ2v) is 8.93. The van der Waals surface area contributed by atoms with Crippen molar-refractivity contribution in [3.63, 3.8) is 0 Å². The molecule has 2 heterocycles. The number of aliphatic carboxylic acids is 1. The van der Waals surface area contributed by atoms with Crippen LogP contribution in [0.25, 0.3) is 0 Å². The number of terminal acetylenes is 1. The van der Waals surface area contributed by atoms with Crippen LogP contribution in [-0.4, -0.2) is 40.1 Å². The SMILES string of the molecule is C#CC/C(Cl)=C\C1=C(C)N(C2=NC3=CC(C(=O)O)=CC=CC3N=C2/C=C/C=C(/C)C=C)CCCC1. The normalized spacial score (nSPS) is 21.3. The smallest absolute Gasteiger partial charge is 0.335 e. The second-order valence-electron chi connectivity index (χ2n) is 8.44. The zero-order valence-electron chi connectivity index (χ0n) is 20.2. The van der Waals surface area contributed by atoms with Crippen LogP contribution in [0.4, 0.5) is 0 Å². The number of halogens is 1. The lowest BCUT2D eigenvalue weighted by molar-refractivity contribution is -0.132. The van der Waals surface area contributed by atoms with Crippen LogP contribution >= 0.6 is 11.6 Å². The number of carboxylic acid groups (broad SMARTS) is 1. The van der Waals surface area contributed by atoms with Crippen molar-refractivity contribution in [2.45, 2.75) is 45.6 Å². The van der Waals surface area contributed by atoms with E-state index in [-0.39, 0.29) is 11.6 Å². The Morgan fingerprint density at radius 2 is 2.23 bits per heavy atom. The minimum absolute atomic E-state index is 0.174. The molecule has 1 aliphatic carbocycles. The van der Waals surface area contributed by atoms with Crippen LogP contribution < -0.4 is 0 Å². The molecule has 0 aromatic heterocycles. The fourth-order valence-corrected chi connectivity index (χ4v) is 4.15. The molecular formula is C29H30ClN3O2. The highest BCUT2D eigenvalue weighted by Crippen LogP contribution is 2.29. The number of aliphatic imine (C=N–C) groups is 2. The standard InChI is InChI=1S/C29H30ClN3O2/c1-5-11-24(30)18-22-13-7-8-17-33(21(22)4)28-26(16-9-12-20(3)6-2)31-25-15-10-14-23(29(34)35)19-27(25)32-28/h1,6,9-10,12,14-16,18-19,25H,2,7-8,11,13,17H2,3-4H3,(H,34,35)/b16-9+,20-12-,24-18+. The molecule has 35 heavy (non-hydrogen) atoms. The zero-order valence-corrected chi connectivity index (χ0v) is 20.9. The summed E-state index contributed by atoms with van der Waals surface area (Å²) in [6, 6.07) is -0.364. The third kappa shape index (κ3) is 6.71. The van der Waals surface area contributed by atoms with Crippen LogP contribution in [0.15, 0.2) is 104 Å². The monoisotopic (exact) mass is 487 g/mol. The van der Waals surface area contributed by atoms with Crippen molar-refractivity contribution >= 4 is 29.1 Å². The van der Waals surface area contributed by atoms with Gasteiger partial charge in [0.1, 0.15) is 11.8 Å². The number of hydrogen-bond acceptors (Lipinski definition) is 4. The maximum absolute atomic E-state index is 11.7. The molecule has 0 bridgehead atoms. The summed E-state index contributed by atoms with van der Waals surface area (Å²) in [6.45, 7) is 8.59. The molecule has 0 saturated carbocycles. The summed E-state index contributed by atoms with van der Waals surface area (Å²) >= 11 is 6.37. The molecule has 0 aromatic carbocycles. The first-order chi connectivity index (χ1) is 16.8. The van der Waals surface area contributed by atoms with Gasteiger partial charge in [0, 0.05) is 23.7 Å². The molecule has 6 heteroatoms. The van der Waals surface area contributed by atoms with Gasteiger partial charge < -0.3 is 10.0 Å². The lowest BCUT2D eigenvalue weighted by Gasteiger charge is -2.30. The summed E-state index contributed by atoms with van der Waals surface area (Å²) in [6.07, 6.45) is 25.0. The van der Waals surface area contributed by atoms with E-state index in [1.165, 1.54) is 0 Å². The van der Waals surface area contributed by atoms with Gasteiger partial charge in [-0.05, 0) is 63.0 Å². The van der Waals surface area contributed by atoms with Crippen molar-refractivity contribution in [1.29, 1.82) is 0 Å². The van der Waals surface area contributed by atoms with E-state index < -0.39 is 5.97 Å². The fraction of sp³-hybridized carbons (Fsp3) is 0.276. The highest BCUT2D eigenvalue weighted by molar-refractivity contribution is 6.46. The predicted molar refractivity (Wildman–Crippen MR) is 145 cm³/mol. The van der Waals surface area contributed by atoms with E-state index in [1.807, 2.05) is 37.3 Å². The Balaban J connectivity index is 2.13. The van der Waals surface area contributed by atoms with Gasteiger partial charge in [-0.15, -0.1) is 12.3 Å². The van der Waals surface area contributed by atoms with E-state index in [0.29, 0.717) is 23.0 Å². The molecule has 1 atom stereocenters. The summed E-state index contributed by atoms with van der Waals surface area (Å²) < 4.78 is 0. The quantitative estimate of drug-likeness (QED) is 0.355. The van der Waals surface area contributed by atoms with Crippen LogP contribution in [0.3, 0.4) is 0 Å². The van der Waals surface area contributed by atoms with Gasteiger partial charge in [0.15, 0.2) is 5.84 Å². The Morgan fingerprint density at radius 1 is 1.43 bits per heavy atom. The van der Waals surface area contributed by atoms with Crippen LogP contribution in [0.1, 0.15) is 39.5 Å². The van der Waals surface area contributed by atoms with E-state index in [9.17, 15) is 9.90 Å². The summed E-state index contributed by atoms with van der Waals surface area (Å²) in [4.78, 5) is 23.7. The Kier molecular flexibility index (Phi) is 9.05. The fourth-order valence-electron chi connectivity index (χ4n) is 3.95. The number of fused-ring (bicyclic) bond motifs is 1. The summed E-state index contributed by atoms with van der Waals surface area (Å²) in [5.74, 6) is 2.28. The molecule has 0 radical (unpaired) electrons. The number of rotatable bonds is 6. The molecule has 0 amide bonds. The molecule has 1 unspecified atom stereocenters. The van der Waals surface area contributed by atoms with Crippen molar-refractivity contribution in [2.24, 2.45) is 9.98 Å². The van der Waals surface area contributed by atoms with E-state index in [1.54, 1.807) is 24.3 Å². The number of carboxylic acids is 1. The Hall–Kier alpha value is -3.62. The zero-order chi connectivity index (χ0) is 25.4. The molecule has 180 valence electrons. The Morgan fingerprint density at radius 3 is 2.94 bits per heavy atom. The molecule has 2 aliphatic heterocycles. The predicted octanol–water partition coefficient (Wildman–Crippen LogP) is 6.27. The highest BCUT2D eigenvalue weighted by atomic mass is 35.5. The molecule has 3 rings (SSSR count). The first kappa shape index (κ1) is 26.0. The van der Waals surface area contributed by atoms with E-state index in [0.717, 1.165) is 48.4 Å². The van der Waals surface area contributed by atoms with Gasteiger partial charge in [-0.3, -0.25) is 4.99 Å². The van der Waals surface area contributed by atoms with Crippen molar-refractivity contribution < 1.29 is 9.90 Å². The van der Waals surface area contributed by atoms with E-state index in [4.69, 9.17) is 28.0 Å². The van der Waals surface area contributed by atoms with Crippen molar-refractivity contribution in [3.05, 3.63) is 94.4 Å². The molecule has 0 spiro atoms. The largest absolute Gasteiger partial charge is 0.478 e. The molecule has 5 nitrogen and oxygen atoms in total. The lowest BCUT2D eigenvalue weighted by Crippen LogP contribution is -2.38. The topological polar surface area (TPSA) is 65.3 Å².